The zero-order chi connectivity index (χ0) is 25.2. The van der Waals surface area contributed by atoms with Crippen LogP contribution in [-0.4, -0.2) is 25.3 Å². The van der Waals surface area contributed by atoms with Gasteiger partial charge in [0.25, 0.3) is 5.91 Å². The summed E-state index contributed by atoms with van der Waals surface area (Å²) in [4.78, 5) is 25.7. The lowest BCUT2D eigenvalue weighted by Crippen LogP contribution is -2.12. The molecule has 184 valence electrons. The molecule has 0 aliphatic heterocycles. The minimum atomic E-state index is -0.185. The smallest absolute Gasteiger partial charge is 0.255 e. The van der Waals surface area contributed by atoms with E-state index < -0.39 is 0 Å². The fourth-order valence-electron chi connectivity index (χ4n) is 4.59. The Morgan fingerprint density at radius 1 is 1.05 bits per heavy atom. The number of amides is 1. The van der Waals surface area contributed by atoms with Gasteiger partial charge in [0, 0.05) is 47.5 Å². The van der Waals surface area contributed by atoms with Crippen LogP contribution < -0.4 is 15.8 Å². The lowest BCUT2D eigenvalue weighted by Gasteiger charge is -2.23. The third-order valence-corrected chi connectivity index (χ3v) is 6.72. The predicted octanol–water partition coefficient (Wildman–Crippen LogP) is 5.47. The van der Waals surface area contributed by atoms with Crippen LogP contribution in [-0.2, 0) is 6.61 Å². The fraction of sp³-hybridized carbons (Fsp3) is 0.172. The molecule has 2 aromatic carbocycles. The van der Waals surface area contributed by atoms with E-state index in [2.05, 4.69) is 19.7 Å². The predicted molar refractivity (Wildman–Crippen MR) is 142 cm³/mol. The largest absolute Gasteiger partial charge is 0.489 e. The average molecular weight is 491 g/mol. The second-order valence-corrected chi connectivity index (χ2v) is 9.18. The fourth-order valence-corrected chi connectivity index (χ4v) is 4.59. The van der Waals surface area contributed by atoms with Crippen LogP contribution in [0.3, 0.4) is 0 Å². The van der Waals surface area contributed by atoms with Crippen LogP contribution in [0.1, 0.15) is 46.9 Å². The van der Waals surface area contributed by atoms with Gasteiger partial charge in [-0.25, -0.2) is 9.97 Å². The van der Waals surface area contributed by atoms with Crippen molar-refractivity contribution in [3.63, 3.8) is 0 Å². The number of hydrogen-bond acceptors (Lipinski definition) is 6. The minimum absolute atomic E-state index is 0.185. The molecule has 0 radical (unpaired) electrons. The van der Waals surface area contributed by atoms with E-state index in [1.165, 1.54) is 6.42 Å². The van der Waals surface area contributed by atoms with Gasteiger partial charge in [0.2, 0.25) is 0 Å². The van der Waals surface area contributed by atoms with Crippen molar-refractivity contribution >= 4 is 22.9 Å². The molecule has 0 unspecified atom stereocenters. The third kappa shape index (κ3) is 4.61. The Morgan fingerprint density at radius 3 is 2.70 bits per heavy atom. The number of carbonyl (C=O) groups is 1. The zero-order valence-electron chi connectivity index (χ0n) is 20.2. The van der Waals surface area contributed by atoms with E-state index in [0.29, 0.717) is 29.6 Å². The summed E-state index contributed by atoms with van der Waals surface area (Å²) < 4.78 is 8.21. The number of aromatic nitrogens is 4. The third-order valence-electron chi connectivity index (χ3n) is 6.72. The maximum absolute atomic E-state index is 12.5. The first-order valence-electron chi connectivity index (χ1n) is 12.3. The van der Waals surface area contributed by atoms with E-state index in [9.17, 15) is 4.79 Å². The number of nitrogens with zero attached hydrogens (tertiary/aromatic N) is 4. The summed E-state index contributed by atoms with van der Waals surface area (Å²) in [6, 6.07) is 18.8. The first-order valence-corrected chi connectivity index (χ1v) is 12.3. The first-order chi connectivity index (χ1) is 18.2. The maximum atomic E-state index is 12.5. The van der Waals surface area contributed by atoms with Gasteiger partial charge in [-0.1, -0.05) is 30.7 Å². The van der Waals surface area contributed by atoms with Crippen LogP contribution in [0.25, 0.3) is 16.8 Å². The number of carbonyl (C=O) groups excluding carboxylic acids is 1. The Balaban J connectivity index is 1.21. The lowest BCUT2D eigenvalue weighted by molar-refractivity contribution is 0.102. The van der Waals surface area contributed by atoms with E-state index in [4.69, 9.17) is 15.5 Å². The van der Waals surface area contributed by atoms with Crippen molar-refractivity contribution < 1.29 is 9.53 Å². The molecule has 3 heterocycles. The number of nitrogen functional groups attached to an aromatic ring is 1. The second-order valence-electron chi connectivity index (χ2n) is 9.18. The van der Waals surface area contributed by atoms with Gasteiger partial charge in [-0.05, 0) is 54.8 Å². The molecule has 6 rings (SSSR count). The second kappa shape index (κ2) is 9.73. The number of nitrogens with one attached hydrogen (secondary N) is 1. The van der Waals surface area contributed by atoms with Gasteiger partial charge in [-0.3, -0.25) is 14.2 Å². The van der Waals surface area contributed by atoms with E-state index in [1.54, 1.807) is 30.7 Å². The van der Waals surface area contributed by atoms with Crippen LogP contribution in [0.15, 0.2) is 85.5 Å². The normalized spacial score (nSPS) is 13.3. The molecule has 1 aliphatic rings. The number of rotatable bonds is 7. The molecule has 3 aromatic heterocycles. The molecular formula is C29H26N6O2. The number of nitrogens with two attached hydrogens (primary N) is 1. The molecule has 0 saturated heterocycles. The number of anilines is 2. The highest BCUT2D eigenvalue weighted by Crippen LogP contribution is 2.39. The van der Waals surface area contributed by atoms with Gasteiger partial charge in [0.15, 0.2) is 0 Å². The van der Waals surface area contributed by atoms with Crippen molar-refractivity contribution in [2.45, 2.75) is 31.8 Å². The van der Waals surface area contributed by atoms with Crippen LogP contribution in [0.2, 0.25) is 0 Å². The molecule has 8 nitrogen and oxygen atoms in total. The quantitative estimate of drug-likeness (QED) is 0.313. The van der Waals surface area contributed by atoms with Gasteiger partial charge in [-0.15, -0.1) is 0 Å². The van der Waals surface area contributed by atoms with Crippen LogP contribution >= 0.6 is 0 Å². The Bertz CT molecular complexity index is 1580. The molecule has 5 aromatic rings. The highest BCUT2D eigenvalue weighted by molar-refractivity contribution is 6.04. The van der Waals surface area contributed by atoms with Crippen molar-refractivity contribution in [2.24, 2.45) is 0 Å². The highest BCUT2D eigenvalue weighted by Gasteiger charge is 2.27. The lowest BCUT2D eigenvalue weighted by atomic mass is 9.85. The van der Waals surface area contributed by atoms with E-state index >= 15 is 0 Å². The van der Waals surface area contributed by atoms with Crippen molar-refractivity contribution in [1.29, 1.82) is 0 Å². The van der Waals surface area contributed by atoms with Crippen molar-refractivity contribution in [2.75, 3.05) is 11.1 Å². The summed E-state index contributed by atoms with van der Waals surface area (Å²) in [5.41, 5.74) is 11.1. The van der Waals surface area contributed by atoms with E-state index in [0.717, 1.165) is 46.8 Å². The topological polar surface area (TPSA) is 107 Å². The van der Waals surface area contributed by atoms with E-state index in [1.807, 2.05) is 54.7 Å². The number of fused-ring (bicyclic) bond motifs is 1. The minimum Gasteiger partial charge on any atom is -0.489 e. The van der Waals surface area contributed by atoms with Gasteiger partial charge in [0.1, 0.15) is 35.2 Å². The molecular weight excluding hydrogens is 464 g/mol. The Labute approximate surface area is 214 Å². The standard InChI is InChI=1S/C29H26N6O2/c30-27-26-25(34-28(20-5-2-6-20)35(26)15-14-32-27)22-7-3-9-24(17-22)37-18-19-4-1-8-23(16-19)33-29(36)21-10-12-31-13-11-21/h1,3-4,7-17,20H,2,5-6,18H2,(H2,30,32)(H,33,36). The maximum Gasteiger partial charge on any atom is 0.255 e. The van der Waals surface area contributed by atoms with Crippen LogP contribution in [0.5, 0.6) is 5.75 Å². The van der Waals surface area contributed by atoms with E-state index in [-0.39, 0.29) is 5.91 Å². The zero-order valence-corrected chi connectivity index (χ0v) is 20.2. The number of imidazole rings is 1. The van der Waals surface area contributed by atoms with Crippen molar-refractivity contribution in [1.82, 2.24) is 19.4 Å². The molecule has 37 heavy (non-hydrogen) atoms. The molecule has 8 heteroatoms. The van der Waals surface area contributed by atoms with Gasteiger partial charge < -0.3 is 15.8 Å². The molecule has 0 spiro atoms. The molecule has 1 fully saturated rings. The Kier molecular flexibility index (Phi) is 5.98. The van der Waals surface area contributed by atoms with Crippen LogP contribution in [0, 0.1) is 0 Å². The summed E-state index contributed by atoms with van der Waals surface area (Å²) in [6.45, 7) is 0.351. The first kappa shape index (κ1) is 22.7. The Morgan fingerprint density at radius 2 is 1.89 bits per heavy atom. The SMILES string of the molecule is Nc1nccn2c(C3CCC3)nc(-c3cccc(OCc4cccc(NC(=O)c5ccncc5)c4)c3)c12. The number of ether oxygens (including phenoxy) is 1. The number of benzene rings is 2. The summed E-state index contributed by atoms with van der Waals surface area (Å²) in [6.07, 6.45) is 10.4. The summed E-state index contributed by atoms with van der Waals surface area (Å²) in [5, 5.41) is 2.92. The molecule has 0 bridgehead atoms. The van der Waals surface area contributed by atoms with Gasteiger partial charge in [-0.2, -0.15) is 0 Å². The van der Waals surface area contributed by atoms with Crippen molar-refractivity contribution in [3.05, 3.63) is 102 Å². The molecule has 1 saturated carbocycles. The number of pyridine rings is 1. The Hall–Kier alpha value is -4.72. The average Bonchev–Trinajstić information content (AvgIpc) is 3.28. The summed E-state index contributed by atoms with van der Waals surface area (Å²) in [7, 11) is 0. The molecule has 1 amide bonds. The van der Waals surface area contributed by atoms with Crippen molar-refractivity contribution in [3.8, 4) is 17.0 Å². The van der Waals surface area contributed by atoms with Gasteiger partial charge >= 0.3 is 0 Å². The molecule has 3 N–H and O–H groups in total. The number of hydrogen-bond donors (Lipinski definition) is 2. The molecule has 1 aliphatic carbocycles. The highest BCUT2D eigenvalue weighted by atomic mass is 16.5. The summed E-state index contributed by atoms with van der Waals surface area (Å²) in [5.74, 6) is 2.50. The molecule has 0 atom stereocenters. The summed E-state index contributed by atoms with van der Waals surface area (Å²) >= 11 is 0. The van der Waals surface area contributed by atoms with Gasteiger partial charge in [0.05, 0.1) is 0 Å². The monoisotopic (exact) mass is 490 g/mol. The van der Waals surface area contributed by atoms with Crippen LogP contribution in [0.4, 0.5) is 11.5 Å².